The predicted molar refractivity (Wildman–Crippen MR) is 76.9 cm³/mol. The van der Waals surface area contributed by atoms with Crippen LogP contribution in [0.1, 0.15) is 18.1 Å². The van der Waals surface area contributed by atoms with Crippen LogP contribution in [0, 0.1) is 12.8 Å². The molecule has 3 nitrogen and oxygen atoms in total. The maximum absolute atomic E-state index is 10.8. The predicted octanol–water partition coefficient (Wildman–Crippen LogP) is 2.95. The molecule has 1 atom stereocenters. The Labute approximate surface area is 117 Å². The van der Waals surface area contributed by atoms with Gasteiger partial charge < -0.3 is 10.0 Å². The minimum Gasteiger partial charge on any atom is -0.481 e. The highest BCUT2D eigenvalue weighted by molar-refractivity contribution is 9.10. The quantitative estimate of drug-likeness (QED) is 0.877. The lowest BCUT2D eigenvalue weighted by Gasteiger charge is -2.19. The monoisotopic (exact) mass is 313 g/mol. The number of halogens is 1. The lowest BCUT2D eigenvalue weighted by atomic mass is 10.1. The van der Waals surface area contributed by atoms with Crippen molar-refractivity contribution in [1.29, 1.82) is 0 Å². The van der Waals surface area contributed by atoms with E-state index in [0.717, 1.165) is 17.4 Å². The number of hydrogen-bond acceptors (Lipinski definition) is 2. The van der Waals surface area contributed by atoms with Crippen LogP contribution in [0.2, 0.25) is 0 Å². The van der Waals surface area contributed by atoms with Crippen LogP contribution < -0.4 is 0 Å². The minimum atomic E-state index is -0.736. The molecular formula is C14H20BrNO2. The third kappa shape index (κ3) is 4.78. The molecule has 0 aromatic heterocycles. The molecule has 0 bridgehead atoms. The van der Waals surface area contributed by atoms with Gasteiger partial charge >= 0.3 is 5.97 Å². The summed E-state index contributed by atoms with van der Waals surface area (Å²) in [7, 11) is 1.97. The van der Waals surface area contributed by atoms with Crippen molar-refractivity contribution < 1.29 is 9.90 Å². The Hall–Kier alpha value is -0.870. The molecule has 0 spiro atoms. The van der Waals surface area contributed by atoms with Crippen LogP contribution in [0.3, 0.4) is 0 Å². The molecule has 100 valence electrons. The number of rotatable bonds is 6. The topological polar surface area (TPSA) is 40.5 Å². The molecule has 4 heteroatoms. The van der Waals surface area contributed by atoms with Crippen molar-refractivity contribution in [2.24, 2.45) is 5.92 Å². The van der Waals surface area contributed by atoms with Crippen molar-refractivity contribution in [3.05, 3.63) is 33.8 Å². The number of nitrogens with zero attached hydrogens (tertiary/aromatic N) is 1. The number of likely N-dealkylation sites (N-methyl/N-ethyl adjacent to an activating group) is 1. The van der Waals surface area contributed by atoms with Crippen molar-refractivity contribution in [2.45, 2.75) is 20.3 Å². The maximum atomic E-state index is 10.8. The van der Waals surface area contributed by atoms with Crippen molar-refractivity contribution >= 4 is 21.9 Å². The molecule has 0 aliphatic rings. The van der Waals surface area contributed by atoms with E-state index in [1.165, 1.54) is 11.1 Å². The summed E-state index contributed by atoms with van der Waals surface area (Å²) in [5.74, 6) is -1.06. The Balaban J connectivity index is 2.49. The first-order valence-corrected chi connectivity index (χ1v) is 6.86. The van der Waals surface area contributed by atoms with E-state index >= 15 is 0 Å². The smallest absolute Gasteiger partial charge is 0.307 e. The number of carboxylic acid groups (broad SMARTS) is 1. The molecule has 0 saturated heterocycles. The van der Waals surface area contributed by atoms with Gasteiger partial charge in [-0.25, -0.2) is 0 Å². The normalized spacial score (nSPS) is 12.7. The first-order valence-electron chi connectivity index (χ1n) is 6.06. The largest absolute Gasteiger partial charge is 0.481 e. The Morgan fingerprint density at radius 2 is 2.17 bits per heavy atom. The van der Waals surface area contributed by atoms with Crippen molar-refractivity contribution in [3.8, 4) is 0 Å². The van der Waals surface area contributed by atoms with Crippen molar-refractivity contribution in [1.82, 2.24) is 4.90 Å². The Morgan fingerprint density at radius 1 is 1.50 bits per heavy atom. The first kappa shape index (κ1) is 15.2. The molecule has 0 amide bonds. The van der Waals surface area contributed by atoms with Gasteiger partial charge in [0.25, 0.3) is 0 Å². The molecule has 1 N–H and O–H groups in total. The van der Waals surface area contributed by atoms with Gasteiger partial charge in [-0.15, -0.1) is 0 Å². The third-order valence-corrected chi connectivity index (χ3v) is 3.57. The molecule has 1 aromatic rings. The fourth-order valence-electron chi connectivity index (χ4n) is 1.86. The van der Waals surface area contributed by atoms with Crippen LogP contribution in [0.4, 0.5) is 0 Å². The second kappa shape index (κ2) is 6.90. The second-order valence-corrected chi connectivity index (χ2v) is 5.74. The number of aryl methyl sites for hydroxylation is 1. The van der Waals surface area contributed by atoms with E-state index in [-0.39, 0.29) is 5.92 Å². The van der Waals surface area contributed by atoms with E-state index in [4.69, 9.17) is 5.11 Å². The molecule has 18 heavy (non-hydrogen) atoms. The van der Waals surface area contributed by atoms with Gasteiger partial charge in [0.15, 0.2) is 0 Å². The average molecular weight is 314 g/mol. The number of aliphatic carboxylic acids is 1. The zero-order chi connectivity index (χ0) is 13.7. The van der Waals surface area contributed by atoms with Gasteiger partial charge in [0.1, 0.15) is 0 Å². The third-order valence-electron chi connectivity index (χ3n) is 3.08. The second-order valence-electron chi connectivity index (χ2n) is 4.82. The highest BCUT2D eigenvalue weighted by atomic mass is 79.9. The van der Waals surface area contributed by atoms with Crippen LogP contribution in [-0.4, -0.2) is 36.1 Å². The summed E-state index contributed by atoms with van der Waals surface area (Å²) in [6, 6.07) is 6.26. The highest BCUT2D eigenvalue weighted by Crippen LogP contribution is 2.16. The van der Waals surface area contributed by atoms with Crippen LogP contribution in [-0.2, 0) is 11.2 Å². The minimum absolute atomic E-state index is 0.321. The molecular weight excluding hydrogens is 294 g/mol. The highest BCUT2D eigenvalue weighted by Gasteiger charge is 2.13. The fraction of sp³-hybridized carbons (Fsp3) is 0.500. The van der Waals surface area contributed by atoms with E-state index in [9.17, 15) is 4.79 Å². The van der Waals surface area contributed by atoms with Gasteiger partial charge in [0, 0.05) is 17.6 Å². The van der Waals surface area contributed by atoms with Crippen molar-refractivity contribution in [3.63, 3.8) is 0 Å². The number of hydrogen-bond donors (Lipinski definition) is 1. The molecule has 1 rings (SSSR count). The molecule has 0 aliphatic carbocycles. The van der Waals surface area contributed by atoms with E-state index in [1.807, 2.05) is 13.1 Å². The van der Waals surface area contributed by atoms with E-state index < -0.39 is 5.97 Å². The van der Waals surface area contributed by atoms with E-state index in [2.05, 4.69) is 39.9 Å². The molecule has 0 saturated carbocycles. The zero-order valence-electron chi connectivity index (χ0n) is 11.1. The van der Waals surface area contributed by atoms with Gasteiger partial charge in [-0.2, -0.15) is 0 Å². The van der Waals surface area contributed by atoms with Gasteiger partial charge in [0.2, 0.25) is 0 Å². The van der Waals surface area contributed by atoms with E-state index in [1.54, 1.807) is 6.92 Å². The zero-order valence-corrected chi connectivity index (χ0v) is 12.7. The summed E-state index contributed by atoms with van der Waals surface area (Å²) < 4.78 is 1.09. The van der Waals surface area contributed by atoms with Crippen LogP contribution in [0.15, 0.2) is 22.7 Å². The van der Waals surface area contributed by atoms with Crippen LogP contribution in [0.25, 0.3) is 0 Å². The average Bonchev–Trinajstić information content (AvgIpc) is 2.30. The van der Waals surface area contributed by atoms with E-state index in [0.29, 0.717) is 6.54 Å². The summed E-state index contributed by atoms with van der Waals surface area (Å²) in [5.41, 5.74) is 2.58. The van der Waals surface area contributed by atoms with Gasteiger partial charge in [0.05, 0.1) is 5.92 Å². The Bertz CT molecular complexity index is 420. The SMILES string of the molecule is Cc1ccc(Br)cc1CCN(C)CC(C)C(=O)O. The lowest BCUT2D eigenvalue weighted by Crippen LogP contribution is -2.30. The number of benzene rings is 1. The Kier molecular flexibility index (Phi) is 5.82. The van der Waals surface area contributed by atoms with Crippen molar-refractivity contribution in [2.75, 3.05) is 20.1 Å². The summed E-state index contributed by atoms with van der Waals surface area (Å²) >= 11 is 3.47. The lowest BCUT2D eigenvalue weighted by molar-refractivity contribution is -0.141. The molecule has 0 radical (unpaired) electrons. The summed E-state index contributed by atoms with van der Waals surface area (Å²) in [4.78, 5) is 12.8. The summed E-state index contributed by atoms with van der Waals surface area (Å²) in [6.07, 6.45) is 0.939. The standard InChI is InChI=1S/C14H20BrNO2/c1-10-4-5-13(15)8-12(10)6-7-16(3)9-11(2)14(17)18/h4-5,8,11H,6-7,9H2,1-3H3,(H,17,18). The van der Waals surface area contributed by atoms with Crippen LogP contribution in [0.5, 0.6) is 0 Å². The molecule has 1 aromatic carbocycles. The fourth-order valence-corrected chi connectivity index (χ4v) is 2.27. The summed E-state index contributed by atoms with van der Waals surface area (Å²) in [6.45, 7) is 5.29. The van der Waals surface area contributed by atoms with Gasteiger partial charge in [-0.3, -0.25) is 4.79 Å². The molecule has 0 heterocycles. The molecule has 0 aliphatic heterocycles. The number of carbonyl (C=O) groups is 1. The molecule has 1 unspecified atom stereocenters. The van der Waals surface area contributed by atoms with Gasteiger partial charge in [-0.05, 0) is 43.7 Å². The number of carboxylic acids is 1. The Morgan fingerprint density at radius 3 is 2.78 bits per heavy atom. The summed E-state index contributed by atoms with van der Waals surface area (Å²) in [5, 5.41) is 8.86. The first-order chi connectivity index (χ1) is 8.40. The van der Waals surface area contributed by atoms with Crippen LogP contribution >= 0.6 is 15.9 Å². The molecule has 0 fully saturated rings. The van der Waals surface area contributed by atoms with Gasteiger partial charge in [-0.1, -0.05) is 28.9 Å². The maximum Gasteiger partial charge on any atom is 0.307 e.